The third-order valence-electron chi connectivity index (χ3n) is 3.25. The molecule has 0 saturated carbocycles. The molecule has 0 radical (unpaired) electrons. The second kappa shape index (κ2) is 5.25. The van der Waals surface area contributed by atoms with Gasteiger partial charge in [-0.05, 0) is 44.7 Å². The largest absolute Gasteiger partial charge is 0.341 e. The van der Waals surface area contributed by atoms with Crippen molar-refractivity contribution >= 4 is 5.95 Å². The molecular formula is C12H20N4. The van der Waals surface area contributed by atoms with Crippen LogP contribution in [-0.4, -0.2) is 29.6 Å². The van der Waals surface area contributed by atoms with Gasteiger partial charge in [0, 0.05) is 25.0 Å². The maximum absolute atomic E-state index is 5.59. The van der Waals surface area contributed by atoms with E-state index in [2.05, 4.69) is 14.9 Å². The van der Waals surface area contributed by atoms with Crippen LogP contribution in [-0.2, 0) is 0 Å². The second-order valence-corrected chi connectivity index (χ2v) is 4.51. The van der Waals surface area contributed by atoms with Crippen LogP contribution in [0.15, 0.2) is 12.3 Å². The van der Waals surface area contributed by atoms with Crippen molar-refractivity contribution in [2.75, 3.05) is 24.5 Å². The van der Waals surface area contributed by atoms with Crippen LogP contribution in [0.5, 0.6) is 0 Å². The van der Waals surface area contributed by atoms with Gasteiger partial charge in [-0.2, -0.15) is 0 Å². The summed E-state index contributed by atoms with van der Waals surface area (Å²) in [6, 6.07) is 1.94. The van der Waals surface area contributed by atoms with Gasteiger partial charge in [0.05, 0.1) is 0 Å². The maximum Gasteiger partial charge on any atom is 0.225 e. The monoisotopic (exact) mass is 220 g/mol. The topological polar surface area (TPSA) is 55.0 Å². The smallest absolute Gasteiger partial charge is 0.225 e. The summed E-state index contributed by atoms with van der Waals surface area (Å²) < 4.78 is 0. The van der Waals surface area contributed by atoms with Crippen molar-refractivity contribution in [3.8, 4) is 0 Å². The van der Waals surface area contributed by atoms with E-state index in [1.54, 1.807) is 0 Å². The molecule has 1 aliphatic heterocycles. The van der Waals surface area contributed by atoms with Gasteiger partial charge in [0.1, 0.15) is 0 Å². The molecule has 88 valence electrons. The summed E-state index contributed by atoms with van der Waals surface area (Å²) in [5.74, 6) is 1.68. The summed E-state index contributed by atoms with van der Waals surface area (Å²) in [4.78, 5) is 11.1. The molecule has 1 saturated heterocycles. The van der Waals surface area contributed by atoms with Crippen molar-refractivity contribution in [3.63, 3.8) is 0 Å². The number of anilines is 1. The third kappa shape index (κ3) is 2.70. The molecule has 4 nitrogen and oxygen atoms in total. The zero-order valence-corrected chi connectivity index (χ0v) is 9.89. The number of nitrogens with zero attached hydrogens (tertiary/aromatic N) is 3. The van der Waals surface area contributed by atoms with Crippen LogP contribution in [0.2, 0.25) is 0 Å². The molecule has 1 aromatic rings. The zero-order valence-electron chi connectivity index (χ0n) is 9.89. The first-order valence-electron chi connectivity index (χ1n) is 6.04. The lowest BCUT2D eigenvalue weighted by Crippen LogP contribution is -2.35. The van der Waals surface area contributed by atoms with E-state index in [-0.39, 0.29) is 0 Å². The zero-order chi connectivity index (χ0) is 11.4. The van der Waals surface area contributed by atoms with Gasteiger partial charge in [0.2, 0.25) is 5.95 Å². The fourth-order valence-electron chi connectivity index (χ4n) is 2.25. The average molecular weight is 220 g/mol. The van der Waals surface area contributed by atoms with Gasteiger partial charge in [-0.25, -0.2) is 9.97 Å². The average Bonchev–Trinajstić information content (AvgIpc) is 2.30. The van der Waals surface area contributed by atoms with Crippen molar-refractivity contribution < 1.29 is 0 Å². The molecule has 1 aliphatic rings. The number of hydrogen-bond acceptors (Lipinski definition) is 4. The van der Waals surface area contributed by atoms with Crippen LogP contribution >= 0.6 is 0 Å². The number of rotatable bonds is 3. The van der Waals surface area contributed by atoms with Crippen LogP contribution in [0.4, 0.5) is 5.95 Å². The van der Waals surface area contributed by atoms with E-state index in [1.165, 1.54) is 12.8 Å². The number of aromatic nitrogens is 2. The predicted octanol–water partition coefficient (Wildman–Crippen LogP) is 1.35. The molecule has 2 N–H and O–H groups in total. The lowest BCUT2D eigenvalue weighted by Gasteiger charge is -2.31. The first-order chi connectivity index (χ1) is 7.79. The van der Waals surface area contributed by atoms with Gasteiger partial charge in [0.15, 0.2) is 0 Å². The minimum atomic E-state index is 0.797. The minimum Gasteiger partial charge on any atom is -0.341 e. The fraction of sp³-hybridized carbons (Fsp3) is 0.667. The Kier molecular flexibility index (Phi) is 3.72. The number of hydrogen-bond donors (Lipinski definition) is 1. The van der Waals surface area contributed by atoms with Gasteiger partial charge in [-0.3, -0.25) is 0 Å². The van der Waals surface area contributed by atoms with Crippen molar-refractivity contribution in [2.45, 2.75) is 26.2 Å². The molecule has 0 unspecified atom stereocenters. The van der Waals surface area contributed by atoms with E-state index < -0.39 is 0 Å². The number of aryl methyl sites for hydroxylation is 1. The first kappa shape index (κ1) is 11.3. The van der Waals surface area contributed by atoms with Gasteiger partial charge >= 0.3 is 0 Å². The highest BCUT2D eigenvalue weighted by molar-refractivity contribution is 5.30. The Morgan fingerprint density at radius 2 is 2.19 bits per heavy atom. The van der Waals surface area contributed by atoms with E-state index in [0.29, 0.717) is 0 Å². The minimum absolute atomic E-state index is 0.797. The normalized spacial score (nSPS) is 17.8. The van der Waals surface area contributed by atoms with Crippen LogP contribution < -0.4 is 10.6 Å². The fourth-order valence-corrected chi connectivity index (χ4v) is 2.25. The molecule has 1 fully saturated rings. The summed E-state index contributed by atoms with van der Waals surface area (Å²) in [5, 5.41) is 0. The summed E-state index contributed by atoms with van der Waals surface area (Å²) in [7, 11) is 0. The molecule has 0 bridgehead atoms. The number of nitrogens with two attached hydrogens (primary N) is 1. The van der Waals surface area contributed by atoms with Crippen molar-refractivity contribution in [2.24, 2.45) is 11.7 Å². The molecule has 0 aliphatic carbocycles. The first-order valence-corrected chi connectivity index (χ1v) is 6.04. The SMILES string of the molecule is Cc1ccnc(N2CCC(CCN)CC2)n1. The summed E-state index contributed by atoms with van der Waals surface area (Å²) in [5.41, 5.74) is 6.62. The lowest BCUT2D eigenvalue weighted by molar-refractivity contribution is 0.383. The molecule has 0 spiro atoms. The van der Waals surface area contributed by atoms with Crippen molar-refractivity contribution in [1.82, 2.24) is 9.97 Å². The van der Waals surface area contributed by atoms with Crippen molar-refractivity contribution in [3.05, 3.63) is 18.0 Å². The highest BCUT2D eigenvalue weighted by Gasteiger charge is 2.20. The van der Waals surface area contributed by atoms with Gasteiger partial charge in [-0.1, -0.05) is 0 Å². The maximum atomic E-state index is 5.59. The molecule has 2 heterocycles. The second-order valence-electron chi connectivity index (χ2n) is 4.51. The Morgan fingerprint density at radius 3 is 2.81 bits per heavy atom. The highest BCUT2D eigenvalue weighted by atomic mass is 15.2. The van der Waals surface area contributed by atoms with Gasteiger partial charge in [0.25, 0.3) is 0 Å². The summed E-state index contributed by atoms with van der Waals surface area (Å²) in [6.07, 6.45) is 5.43. The highest BCUT2D eigenvalue weighted by Crippen LogP contribution is 2.22. The lowest BCUT2D eigenvalue weighted by atomic mass is 9.94. The molecule has 0 aromatic carbocycles. The van der Waals surface area contributed by atoms with Gasteiger partial charge < -0.3 is 10.6 Å². The van der Waals surface area contributed by atoms with Crippen LogP contribution in [0, 0.1) is 12.8 Å². The number of piperidine rings is 1. The Hall–Kier alpha value is -1.16. The molecule has 0 amide bonds. The molecular weight excluding hydrogens is 200 g/mol. The van der Waals surface area contributed by atoms with E-state index in [4.69, 9.17) is 5.73 Å². The third-order valence-corrected chi connectivity index (χ3v) is 3.25. The Morgan fingerprint density at radius 1 is 1.44 bits per heavy atom. The van der Waals surface area contributed by atoms with Crippen LogP contribution in [0.25, 0.3) is 0 Å². The Balaban J connectivity index is 1.94. The molecule has 1 aromatic heterocycles. The standard InChI is InChI=1S/C12H20N4/c1-10-3-7-14-12(15-10)16-8-4-11(2-6-13)5-9-16/h3,7,11H,2,4-6,8-9,13H2,1H3. The molecule has 16 heavy (non-hydrogen) atoms. The quantitative estimate of drug-likeness (QED) is 0.835. The van der Waals surface area contributed by atoms with E-state index in [1.807, 2.05) is 19.2 Å². The van der Waals surface area contributed by atoms with E-state index in [9.17, 15) is 0 Å². The van der Waals surface area contributed by atoms with Gasteiger partial charge in [-0.15, -0.1) is 0 Å². The molecule has 2 rings (SSSR count). The summed E-state index contributed by atoms with van der Waals surface area (Å²) in [6.45, 7) is 4.94. The Labute approximate surface area is 96.9 Å². The molecule has 4 heteroatoms. The van der Waals surface area contributed by atoms with E-state index in [0.717, 1.165) is 43.6 Å². The summed E-state index contributed by atoms with van der Waals surface area (Å²) >= 11 is 0. The molecule has 0 atom stereocenters. The van der Waals surface area contributed by atoms with Crippen molar-refractivity contribution in [1.29, 1.82) is 0 Å². The van der Waals surface area contributed by atoms with Crippen LogP contribution in [0.3, 0.4) is 0 Å². The van der Waals surface area contributed by atoms with Crippen LogP contribution in [0.1, 0.15) is 25.0 Å². The Bertz CT molecular complexity index is 332. The predicted molar refractivity (Wildman–Crippen MR) is 65.4 cm³/mol. The van der Waals surface area contributed by atoms with E-state index >= 15 is 0 Å².